The molecule has 3 aliphatic carbocycles. The molecular weight excluding hydrogens is 366 g/mol. The Balaban J connectivity index is 1.36. The highest BCUT2D eigenvalue weighted by Gasteiger charge is 2.56. The molecule has 0 amide bonds. The molecule has 0 aliphatic heterocycles. The smallest absolute Gasteiger partial charge is 0.306 e. The number of aliphatic carboxylic acids is 1. The Kier molecular flexibility index (Phi) is 4.45. The number of carboxylic acid groups (broad SMARTS) is 1. The third kappa shape index (κ3) is 3.06. The third-order valence-corrected chi connectivity index (χ3v) is 8.12. The number of hydrogen-bond donors (Lipinski definition) is 1. The molecule has 3 unspecified atom stereocenters. The molecule has 0 radical (unpaired) electrons. The minimum Gasteiger partial charge on any atom is -0.550 e. The number of hydrogen-bond acceptors (Lipinski definition) is 4. The summed E-state index contributed by atoms with van der Waals surface area (Å²) in [6.45, 7) is 2.29. The molecular formula is C24H28NO4-. The highest BCUT2D eigenvalue weighted by molar-refractivity contribution is 5.81. The molecule has 5 heteroatoms. The molecule has 0 bridgehead atoms. The molecule has 2 saturated carbocycles. The maximum absolute atomic E-state index is 12.1. The number of aryl methyl sites for hydroxylation is 1. The highest BCUT2D eigenvalue weighted by Crippen LogP contribution is 2.61. The summed E-state index contributed by atoms with van der Waals surface area (Å²) in [7, 11) is 0. The van der Waals surface area contributed by atoms with Gasteiger partial charge in [-0.25, -0.2) is 0 Å². The monoisotopic (exact) mass is 394 g/mol. The number of fused-ring (bicyclic) bond motifs is 6. The molecule has 5 atom stereocenters. The van der Waals surface area contributed by atoms with Gasteiger partial charge >= 0.3 is 5.97 Å². The third-order valence-electron chi connectivity index (χ3n) is 8.12. The average molecular weight is 394 g/mol. The van der Waals surface area contributed by atoms with Crippen molar-refractivity contribution in [3.8, 4) is 0 Å². The van der Waals surface area contributed by atoms with Crippen LogP contribution in [0.3, 0.4) is 0 Å². The Bertz CT molecular complexity index is 963. The van der Waals surface area contributed by atoms with Crippen LogP contribution in [-0.4, -0.2) is 23.0 Å². The highest BCUT2D eigenvalue weighted by atomic mass is 16.5. The van der Waals surface area contributed by atoms with E-state index in [1.165, 1.54) is 28.5 Å². The number of rotatable bonds is 4. The van der Waals surface area contributed by atoms with Crippen LogP contribution in [0.5, 0.6) is 0 Å². The van der Waals surface area contributed by atoms with Crippen LogP contribution in [-0.2, 0) is 20.7 Å². The van der Waals surface area contributed by atoms with Crippen LogP contribution < -0.4 is 5.11 Å². The van der Waals surface area contributed by atoms with Crippen LogP contribution in [0.2, 0.25) is 0 Å². The molecule has 1 aromatic heterocycles. The molecule has 0 saturated heterocycles. The Labute approximate surface area is 170 Å². The topological polar surface area (TPSA) is 82.2 Å². The van der Waals surface area contributed by atoms with Crippen LogP contribution in [0, 0.1) is 17.3 Å². The van der Waals surface area contributed by atoms with E-state index in [2.05, 4.69) is 30.1 Å². The fourth-order valence-corrected chi connectivity index (χ4v) is 6.69. The quantitative estimate of drug-likeness (QED) is 0.805. The van der Waals surface area contributed by atoms with Gasteiger partial charge in [0.25, 0.3) is 0 Å². The minimum atomic E-state index is -1.20. The second-order valence-corrected chi connectivity index (χ2v) is 9.50. The van der Waals surface area contributed by atoms with Gasteiger partial charge in [-0.05, 0) is 97.4 Å². The maximum atomic E-state index is 12.1. The van der Waals surface area contributed by atoms with Gasteiger partial charge < -0.3 is 19.6 Å². The van der Waals surface area contributed by atoms with E-state index in [0.29, 0.717) is 17.8 Å². The zero-order valence-electron chi connectivity index (χ0n) is 16.9. The van der Waals surface area contributed by atoms with E-state index in [1.54, 1.807) is 0 Å². The van der Waals surface area contributed by atoms with Crippen LogP contribution in [0.25, 0.3) is 10.9 Å². The number of nitrogens with one attached hydrogen (secondary N) is 1. The van der Waals surface area contributed by atoms with Crippen molar-refractivity contribution in [3.05, 3.63) is 35.5 Å². The average Bonchev–Trinajstić information content (AvgIpc) is 3.28. The minimum absolute atomic E-state index is 0.00793. The van der Waals surface area contributed by atoms with Gasteiger partial charge in [-0.1, -0.05) is 6.92 Å². The van der Waals surface area contributed by atoms with Crippen LogP contribution in [0.15, 0.2) is 24.4 Å². The lowest BCUT2D eigenvalue weighted by atomic mass is 9.55. The Morgan fingerprint density at radius 2 is 2.07 bits per heavy atom. The van der Waals surface area contributed by atoms with Gasteiger partial charge in [-0.15, -0.1) is 0 Å². The van der Waals surface area contributed by atoms with Gasteiger partial charge in [0.15, 0.2) is 0 Å². The number of aromatic amines is 1. The summed E-state index contributed by atoms with van der Waals surface area (Å²) in [6, 6.07) is 6.89. The van der Waals surface area contributed by atoms with Crippen molar-refractivity contribution >= 4 is 22.8 Å². The van der Waals surface area contributed by atoms with Crippen molar-refractivity contribution in [1.82, 2.24) is 4.98 Å². The first-order chi connectivity index (χ1) is 14.0. The summed E-state index contributed by atoms with van der Waals surface area (Å²) in [6.07, 6.45) is 8.08. The van der Waals surface area contributed by atoms with Crippen molar-refractivity contribution in [1.29, 1.82) is 0 Å². The first-order valence-electron chi connectivity index (χ1n) is 10.9. The summed E-state index contributed by atoms with van der Waals surface area (Å²) in [5.74, 6) is 0.214. The van der Waals surface area contributed by atoms with E-state index in [9.17, 15) is 14.7 Å². The normalized spacial score (nSPS) is 33.0. The number of esters is 1. The van der Waals surface area contributed by atoms with Gasteiger partial charge in [-0.2, -0.15) is 0 Å². The predicted octanol–water partition coefficient (Wildman–Crippen LogP) is 3.47. The Hall–Kier alpha value is -2.30. The van der Waals surface area contributed by atoms with Crippen LogP contribution in [0.4, 0.5) is 0 Å². The molecule has 1 N–H and O–H groups in total. The SMILES string of the molecule is C[C@]12CCC3c4cc5cc[nH]c5cc4CCC3C1CC[C@@H]2OC(=O)CCC(=O)[O-]. The number of ether oxygens (including phenoxy) is 1. The summed E-state index contributed by atoms with van der Waals surface area (Å²) >= 11 is 0. The van der Waals surface area contributed by atoms with Crippen molar-refractivity contribution in [2.75, 3.05) is 0 Å². The lowest BCUT2D eigenvalue weighted by molar-refractivity contribution is -0.305. The second kappa shape index (κ2) is 6.89. The van der Waals surface area contributed by atoms with Crippen molar-refractivity contribution in [3.63, 3.8) is 0 Å². The summed E-state index contributed by atoms with van der Waals surface area (Å²) in [5.41, 5.74) is 4.26. The zero-order chi connectivity index (χ0) is 20.2. The van der Waals surface area contributed by atoms with Gasteiger partial charge in [0.1, 0.15) is 6.10 Å². The summed E-state index contributed by atoms with van der Waals surface area (Å²) < 4.78 is 5.80. The number of carboxylic acids is 1. The number of benzene rings is 1. The zero-order valence-corrected chi connectivity index (χ0v) is 16.9. The largest absolute Gasteiger partial charge is 0.550 e. The molecule has 2 fully saturated rings. The van der Waals surface area contributed by atoms with Gasteiger partial charge in [0.2, 0.25) is 0 Å². The van der Waals surface area contributed by atoms with E-state index in [4.69, 9.17) is 4.74 Å². The first-order valence-corrected chi connectivity index (χ1v) is 10.9. The fourth-order valence-electron chi connectivity index (χ4n) is 6.69. The van der Waals surface area contributed by atoms with Crippen molar-refractivity contribution < 1.29 is 19.4 Å². The van der Waals surface area contributed by atoms with Crippen molar-refractivity contribution in [2.24, 2.45) is 17.3 Å². The number of aromatic nitrogens is 1. The number of carbonyl (C=O) groups excluding carboxylic acids is 2. The molecule has 0 spiro atoms. The maximum Gasteiger partial charge on any atom is 0.306 e. The van der Waals surface area contributed by atoms with E-state index in [0.717, 1.165) is 32.1 Å². The molecule has 5 rings (SSSR count). The van der Waals surface area contributed by atoms with Crippen LogP contribution >= 0.6 is 0 Å². The second-order valence-electron chi connectivity index (χ2n) is 9.50. The molecule has 2 aromatic rings. The summed E-state index contributed by atoms with van der Waals surface area (Å²) in [4.78, 5) is 26.1. The van der Waals surface area contributed by atoms with E-state index >= 15 is 0 Å². The lowest BCUT2D eigenvalue weighted by Crippen LogP contribution is -2.45. The number of H-pyrrole nitrogens is 1. The molecule has 1 aromatic carbocycles. The van der Waals surface area contributed by atoms with E-state index in [1.807, 2.05) is 6.20 Å². The number of carbonyl (C=O) groups is 2. The Morgan fingerprint density at radius 1 is 1.21 bits per heavy atom. The predicted molar refractivity (Wildman–Crippen MR) is 107 cm³/mol. The van der Waals surface area contributed by atoms with E-state index in [-0.39, 0.29) is 24.4 Å². The van der Waals surface area contributed by atoms with Crippen molar-refractivity contribution in [2.45, 2.75) is 70.3 Å². The van der Waals surface area contributed by atoms with Gasteiger partial charge in [-0.3, -0.25) is 4.79 Å². The van der Waals surface area contributed by atoms with Crippen LogP contribution in [0.1, 0.15) is 68.9 Å². The molecule has 5 nitrogen and oxygen atoms in total. The summed E-state index contributed by atoms with van der Waals surface area (Å²) in [5, 5.41) is 11.9. The standard InChI is InChI=1S/C24H29NO4/c1-24-10-8-16-17(3-2-14-13-20-15(9-11-25-20)12-18(14)16)19(24)4-5-21(24)29-23(28)7-6-22(26)27/h9,11-13,16-17,19,21,25H,2-8,10H2,1H3,(H,26,27)/p-1/t16?,17?,19?,21-,24-/m0/s1. The van der Waals surface area contributed by atoms with Gasteiger partial charge in [0, 0.05) is 23.1 Å². The van der Waals surface area contributed by atoms with Gasteiger partial charge in [0.05, 0.1) is 6.42 Å². The molecule has 29 heavy (non-hydrogen) atoms. The first kappa shape index (κ1) is 18.7. The molecule has 3 aliphatic rings. The van der Waals surface area contributed by atoms with E-state index < -0.39 is 11.9 Å². The fraction of sp³-hybridized carbons (Fsp3) is 0.583. The molecule has 154 valence electrons. The Morgan fingerprint density at radius 3 is 2.90 bits per heavy atom. The lowest BCUT2D eigenvalue weighted by Gasteiger charge is -2.50. The molecule has 1 heterocycles.